The third kappa shape index (κ3) is 2.48. The Morgan fingerprint density at radius 3 is 2.61 bits per heavy atom. The third-order valence-corrected chi connectivity index (χ3v) is 3.14. The molecule has 6 nitrogen and oxygen atoms in total. The first-order valence-electron chi connectivity index (χ1n) is 5.78. The molecular weight excluding hydrogens is 236 g/mol. The third-order valence-electron chi connectivity index (χ3n) is 3.14. The molecule has 1 aliphatic rings. The molecule has 2 rings (SSSR count). The lowest BCUT2D eigenvalue weighted by Crippen LogP contribution is -2.36. The van der Waals surface area contributed by atoms with Crippen LogP contribution in [0.25, 0.3) is 0 Å². The molecule has 18 heavy (non-hydrogen) atoms. The average Bonchev–Trinajstić information content (AvgIpc) is 2.39. The predicted octanol–water partition coefficient (Wildman–Crippen LogP) is 1.37. The molecule has 1 aliphatic heterocycles. The molecule has 0 unspecified atom stereocenters. The number of aliphatic hydroxyl groups excluding tert-OH is 1. The SMILES string of the molecule is O=Cc1ccc(N2CCC(O)CC2)c([N+](=O)[O-])c1. The number of piperidine rings is 1. The van der Waals surface area contributed by atoms with E-state index in [2.05, 4.69) is 0 Å². The van der Waals surface area contributed by atoms with E-state index in [-0.39, 0.29) is 11.8 Å². The van der Waals surface area contributed by atoms with Crippen LogP contribution in [-0.4, -0.2) is 35.5 Å². The minimum Gasteiger partial charge on any atom is -0.393 e. The second-order valence-electron chi connectivity index (χ2n) is 4.34. The van der Waals surface area contributed by atoms with Gasteiger partial charge in [0.15, 0.2) is 0 Å². The Morgan fingerprint density at radius 1 is 1.39 bits per heavy atom. The van der Waals surface area contributed by atoms with Crippen LogP contribution < -0.4 is 4.90 Å². The molecule has 96 valence electrons. The van der Waals surface area contributed by atoms with Crippen LogP contribution in [0, 0.1) is 10.1 Å². The molecule has 0 atom stereocenters. The fourth-order valence-electron chi connectivity index (χ4n) is 2.13. The summed E-state index contributed by atoms with van der Waals surface area (Å²) in [6.45, 7) is 1.17. The Balaban J connectivity index is 2.31. The van der Waals surface area contributed by atoms with Crippen molar-refractivity contribution in [1.82, 2.24) is 0 Å². The van der Waals surface area contributed by atoms with E-state index in [1.54, 1.807) is 12.1 Å². The van der Waals surface area contributed by atoms with E-state index in [0.29, 0.717) is 43.5 Å². The van der Waals surface area contributed by atoms with Crippen LogP contribution in [0.5, 0.6) is 0 Å². The Labute approximate surface area is 104 Å². The highest BCUT2D eigenvalue weighted by Crippen LogP contribution is 2.30. The van der Waals surface area contributed by atoms with Crippen LogP contribution in [0.1, 0.15) is 23.2 Å². The van der Waals surface area contributed by atoms with Crippen LogP contribution >= 0.6 is 0 Å². The fourth-order valence-corrected chi connectivity index (χ4v) is 2.13. The zero-order valence-corrected chi connectivity index (χ0v) is 9.78. The lowest BCUT2D eigenvalue weighted by molar-refractivity contribution is -0.384. The van der Waals surface area contributed by atoms with Crippen molar-refractivity contribution in [3.8, 4) is 0 Å². The van der Waals surface area contributed by atoms with Crippen molar-refractivity contribution in [1.29, 1.82) is 0 Å². The first-order chi connectivity index (χ1) is 8.61. The monoisotopic (exact) mass is 250 g/mol. The van der Waals surface area contributed by atoms with Crippen molar-refractivity contribution in [2.75, 3.05) is 18.0 Å². The fraction of sp³-hybridized carbons (Fsp3) is 0.417. The lowest BCUT2D eigenvalue weighted by Gasteiger charge is -2.31. The molecule has 1 fully saturated rings. The van der Waals surface area contributed by atoms with Gasteiger partial charge in [-0.2, -0.15) is 0 Å². The lowest BCUT2D eigenvalue weighted by atomic mass is 10.1. The molecule has 0 bridgehead atoms. The summed E-state index contributed by atoms with van der Waals surface area (Å²) < 4.78 is 0. The topological polar surface area (TPSA) is 83.7 Å². The number of hydrogen-bond donors (Lipinski definition) is 1. The van der Waals surface area contributed by atoms with Crippen molar-refractivity contribution in [2.24, 2.45) is 0 Å². The van der Waals surface area contributed by atoms with E-state index >= 15 is 0 Å². The summed E-state index contributed by atoms with van der Waals surface area (Å²) in [5.74, 6) is 0. The molecule has 0 aromatic heterocycles. The van der Waals surface area contributed by atoms with Crippen molar-refractivity contribution in [3.63, 3.8) is 0 Å². The number of carbonyl (C=O) groups is 1. The first kappa shape index (κ1) is 12.5. The number of nitro benzene ring substituents is 1. The molecular formula is C12H14N2O4. The molecule has 0 spiro atoms. The van der Waals surface area contributed by atoms with Gasteiger partial charge in [-0.25, -0.2) is 0 Å². The van der Waals surface area contributed by atoms with Gasteiger partial charge >= 0.3 is 0 Å². The van der Waals surface area contributed by atoms with Crippen molar-refractivity contribution < 1.29 is 14.8 Å². The predicted molar refractivity (Wildman–Crippen MR) is 65.9 cm³/mol. The van der Waals surface area contributed by atoms with Crippen molar-refractivity contribution >= 4 is 17.7 Å². The summed E-state index contributed by atoms with van der Waals surface area (Å²) in [5.41, 5.74) is 0.746. The maximum atomic E-state index is 11.0. The maximum Gasteiger partial charge on any atom is 0.293 e. The molecule has 1 saturated heterocycles. The number of carbonyl (C=O) groups excluding carboxylic acids is 1. The molecule has 0 aliphatic carbocycles. The normalized spacial score (nSPS) is 16.6. The van der Waals surface area contributed by atoms with Gasteiger partial charge in [-0.3, -0.25) is 14.9 Å². The molecule has 1 aromatic carbocycles. The Kier molecular flexibility index (Phi) is 3.57. The summed E-state index contributed by atoms with van der Waals surface area (Å²) in [6.07, 6.45) is 1.48. The quantitative estimate of drug-likeness (QED) is 0.497. The molecule has 6 heteroatoms. The summed E-state index contributed by atoms with van der Waals surface area (Å²) >= 11 is 0. The van der Waals surface area contributed by atoms with E-state index in [0.717, 1.165) is 0 Å². The largest absolute Gasteiger partial charge is 0.393 e. The standard InChI is InChI=1S/C12H14N2O4/c15-8-9-1-2-11(12(7-9)14(17)18)13-5-3-10(16)4-6-13/h1-2,7-8,10,16H,3-6H2. The number of anilines is 1. The number of benzene rings is 1. The van der Waals surface area contributed by atoms with Gasteiger partial charge in [0.05, 0.1) is 11.0 Å². The van der Waals surface area contributed by atoms with Crippen LogP contribution in [0.4, 0.5) is 11.4 Å². The van der Waals surface area contributed by atoms with Gasteiger partial charge in [-0.1, -0.05) is 0 Å². The van der Waals surface area contributed by atoms with Gasteiger partial charge in [0.25, 0.3) is 5.69 Å². The summed E-state index contributed by atoms with van der Waals surface area (Å²) in [4.78, 5) is 23.0. The van der Waals surface area contributed by atoms with Gasteiger partial charge in [-0.05, 0) is 25.0 Å². The summed E-state index contributed by atoms with van der Waals surface area (Å²) in [5, 5.41) is 20.4. The van der Waals surface area contributed by atoms with Crippen molar-refractivity contribution in [3.05, 3.63) is 33.9 Å². The second-order valence-corrected chi connectivity index (χ2v) is 4.34. The van der Waals surface area contributed by atoms with Gasteiger partial charge in [0.2, 0.25) is 0 Å². The minimum atomic E-state index is -0.479. The number of nitrogens with zero attached hydrogens (tertiary/aromatic N) is 2. The molecule has 0 amide bonds. The molecule has 1 N–H and O–H groups in total. The molecule has 1 heterocycles. The smallest absolute Gasteiger partial charge is 0.293 e. The van der Waals surface area contributed by atoms with Crippen molar-refractivity contribution in [2.45, 2.75) is 18.9 Å². The number of rotatable bonds is 3. The Hall–Kier alpha value is -1.95. The number of hydrogen-bond acceptors (Lipinski definition) is 5. The van der Waals surface area contributed by atoms with E-state index in [4.69, 9.17) is 0 Å². The van der Waals surface area contributed by atoms with E-state index in [1.807, 2.05) is 4.90 Å². The van der Waals surface area contributed by atoms with Gasteiger partial charge in [0, 0.05) is 24.7 Å². The van der Waals surface area contributed by atoms with Gasteiger partial charge in [0.1, 0.15) is 12.0 Å². The van der Waals surface area contributed by atoms with E-state index in [1.165, 1.54) is 6.07 Å². The van der Waals surface area contributed by atoms with Crippen LogP contribution in [0.3, 0.4) is 0 Å². The second kappa shape index (κ2) is 5.14. The van der Waals surface area contributed by atoms with Crippen LogP contribution in [0.15, 0.2) is 18.2 Å². The Bertz CT molecular complexity index is 467. The minimum absolute atomic E-state index is 0.0593. The van der Waals surface area contributed by atoms with Gasteiger partial charge < -0.3 is 10.0 Å². The summed E-state index contributed by atoms with van der Waals surface area (Å²) in [6, 6.07) is 4.45. The highest BCUT2D eigenvalue weighted by Gasteiger charge is 2.24. The molecule has 0 saturated carbocycles. The highest BCUT2D eigenvalue weighted by molar-refractivity contribution is 5.79. The zero-order chi connectivity index (χ0) is 13.1. The molecule has 1 aromatic rings. The van der Waals surface area contributed by atoms with E-state index in [9.17, 15) is 20.0 Å². The first-order valence-corrected chi connectivity index (χ1v) is 5.78. The number of nitro groups is 1. The summed E-state index contributed by atoms with van der Waals surface area (Å²) in [7, 11) is 0. The zero-order valence-electron chi connectivity index (χ0n) is 9.78. The Morgan fingerprint density at radius 2 is 2.06 bits per heavy atom. The average molecular weight is 250 g/mol. The number of aldehydes is 1. The maximum absolute atomic E-state index is 11.0. The van der Waals surface area contributed by atoms with Crippen LogP contribution in [-0.2, 0) is 0 Å². The van der Waals surface area contributed by atoms with E-state index < -0.39 is 4.92 Å². The highest BCUT2D eigenvalue weighted by atomic mass is 16.6. The van der Waals surface area contributed by atoms with Gasteiger partial charge in [-0.15, -0.1) is 0 Å². The van der Waals surface area contributed by atoms with Crippen LogP contribution in [0.2, 0.25) is 0 Å². The molecule has 0 radical (unpaired) electrons. The number of aliphatic hydroxyl groups is 1.